The third-order valence-electron chi connectivity index (χ3n) is 4.56. The Morgan fingerprint density at radius 3 is 3.04 bits per heavy atom. The van der Waals surface area contributed by atoms with E-state index in [0.717, 1.165) is 12.0 Å². The maximum absolute atomic E-state index is 12.3. The number of aromatic nitrogens is 2. The van der Waals surface area contributed by atoms with Crippen molar-refractivity contribution in [3.8, 4) is 0 Å². The Morgan fingerprint density at radius 2 is 2.18 bits per heavy atom. The van der Waals surface area contributed by atoms with Gasteiger partial charge < -0.3 is 15.4 Å². The lowest BCUT2D eigenvalue weighted by Gasteiger charge is -2.26. The lowest BCUT2D eigenvalue weighted by molar-refractivity contribution is -0.122. The Labute approximate surface area is 166 Å². The van der Waals surface area contributed by atoms with E-state index >= 15 is 0 Å². The Morgan fingerprint density at radius 1 is 1.29 bits per heavy atom. The highest BCUT2D eigenvalue weighted by Crippen LogP contribution is 2.26. The molecule has 0 fully saturated rings. The third kappa shape index (κ3) is 4.29. The summed E-state index contributed by atoms with van der Waals surface area (Å²) < 4.78 is 7.30. The van der Waals surface area contributed by atoms with Crippen molar-refractivity contribution < 1.29 is 14.3 Å². The first-order valence-electron chi connectivity index (χ1n) is 9.01. The molecule has 3 heterocycles. The van der Waals surface area contributed by atoms with Crippen LogP contribution in [0.2, 0.25) is 0 Å². The fraction of sp³-hybridized carbons (Fsp3) is 0.250. The van der Waals surface area contributed by atoms with Gasteiger partial charge in [-0.3, -0.25) is 14.3 Å². The van der Waals surface area contributed by atoms with Gasteiger partial charge in [-0.2, -0.15) is 16.4 Å². The summed E-state index contributed by atoms with van der Waals surface area (Å²) in [5.74, 6) is -0.358. The molecule has 4 rings (SSSR count). The average Bonchev–Trinajstić information content (AvgIpc) is 3.39. The zero-order chi connectivity index (χ0) is 19.3. The monoisotopic (exact) mass is 396 g/mol. The van der Waals surface area contributed by atoms with Crippen molar-refractivity contribution in [2.75, 3.05) is 18.5 Å². The van der Waals surface area contributed by atoms with Crippen LogP contribution >= 0.6 is 11.3 Å². The minimum atomic E-state index is -0.196. The Kier molecular flexibility index (Phi) is 5.50. The van der Waals surface area contributed by atoms with E-state index in [-0.39, 0.29) is 24.5 Å². The standard InChI is InChI=1S/C20H20N4O3S/c25-19(21-10-18-17-4-2-1-3-14(17)5-7-27-18)12-24-11-16(9-22-24)23-20(26)15-6-8-28-13-15/h1-4,6,8-9,11,13,18H,5,7,10,12H2,(H,21,25)(H,23,26). The van der Waals surface area contributed by atoms with E-state index in [4.69, 9.17) is 4.74 Å². The minimum Gasteiger partial charge on any atom is -0.371 e. The summed E-state index contributed by atoms with van der Waals surface area (Å²) in [5.41, 5.74) is 3.55. The van der Waals surface area contributed by atoms with Gasteiger partial charge in [0.25, 0.3) is 5.91 Å². The zero-order valence-electron chi connectivity index (χ0n) is 15.1. The number of fused-ring (bicyclic) bond motifs is 1. The van der Waals surface area contributed by atoms with Crippen molar-refractivity contribution in [3.63, 3.8) is 0 Å². The Hall–Kier alpha value is -2.97. The first kappa shape index (κ1) is 18.4. The summed E-state index contributed by atoms with van der Waals surface area (Å²) in [6, 6.07) is 9.90. The lowest BCUT2D eigenvalue weighted by atomic mass is 9.97. The van der Waals surface area contributed by atoms with Gasteiger partial charge in [0.05, 0.1) is 24.1 Å². The number of ether oxygens (including phenoxy) is 1. The normalized spacial score (nSPS) is 15.6. The van der Waals surface area contributed by atoms with E-state index in [1.807, 2.05) is 23.6 Å². The van der Waals surface area contributed by atoms with Gasteiger partial charge in [0.15, 0.2) is 0 Å². The predicted molar refractivity (Wildman–Crippen MR) is 106 cm³/mol. The second kappa shape index (κ2) is 8.37. The molecule has 7 nitrogen and oxygen atoms in total. The van der Waals surface area contributed by atoms with Crippen molar-refractivity contribution in [2.24, 2.45) is 0 Å². The molecule has 0 aliphatic carbocycles. The SMILES string of the molecule is O=C(Cn1cc(NC(=O)c2ccsc2)cn1)NCC1OCCc2ccccc21. The average molecular weight is 396 g/mol. The van der Waals surface area contributed by atoms with E-state index in [1.54, 1.807) is 17.6 Å². The lowest BCUT2D eigenvalue weighted by Crippen LogP contribution is -2.34. The molecular weight excluding hydrogens is 376 g/mol. The number of hydrogen-bond acceptors (Lipinski definition) is 5. The number of carbonyl (C=O) groups is 2. The molecule has 3 aromatic rings. The van der Waals surface area contributed by atoms with Crippen LogP contribution in [0.4, 0.5) is 5.69 Å². The minimum absolute atomic E-state index is 0.0721. The zero-order valence-corrected chi connectivity index (χ0v) is 15.9. The maximum atomic E-state index is 12.3. The molecule has 28 heavy (non-hydrogen) atoms. The van der Waals surface area contributed by atoms with E-state index < -0.39 is 0 Å². The van der Waals surface area contributed by atoms with Crippen molar-refractivity contribution >= 4 is 28.8 Å². The van der Waals surface area contributed by atoms with Crippen LogP contribution in [0, 0.1) is 0 Å². The van der Waals surface area contributed by atoms with Gasteiger partial charge in [-0.15, -0.1) is 0 Å². The van der Waals surface area contributed by atoms with Crippen LogP contribution in [-0.2, 0) is 22.5 Å². The number of rotatable bonds is 6. The van der Waals surface area contributed by atoms with E-state index in [2.05, 4.69) is 21.8 Å². The highest BCUT2D eigenvalue weighted by molar-refractivity contribution is 7.08. The fourth-order valence-corrected chi connectivity index (χ4v) is 3.80. The van der Waals surface area contributed by atoms with Crippen molar-refractivity contribution in [2.45, 2.75) is 19.1 Å². The molecule has 1 aromatic carbocycles. The molecular formula is C20H20N4O3S. The summed E-state index contributed by atoms with van der Waals surface area (Å²) in [7, 11) is 0. The van der Waals surface area contributed by atoms with Crippen LogP contribution in [-0.4, -0.2) is 34.7 Å². The van der Waals surface area contributed by atoms with Crippen LogP contribution in [0.15, 0.2) is 53.5 Å². The molecule has 0 saturated carbocycles. The number of nitrogens with one attached hydrogen (secondary N) is 2. The number of thiophene rings is 1. The molecule has 144 valence electrons. The fourth-order valence-electron chi connectivity index (χ4n) is 3.17. The van der Waals surface area contributed by atoms with Gasteiger partial charge in [-0.1, -0.05) is 24.3 Å². The van der Waals surface area contributed by atoms with Crippen LogP contribution in [0.25, 0.3) is 0 Å². The number of amides is 2. The first-order chi connectivity index (χ1) is 13.7. The molecule has 1 aliphatic heterocycles. The van der Waals surface area contributed by atoms with Gasteiger partial charge >= 0.3 is 0 Å². The van der Waals surface area contributed by atoms with Gasteiger partial charge in [-0.05, 0) is 29.0 Å². The van der Waals surface area contributed by atoms with Crippen LogP contribution < -0.4 is 10.6 Å². The molecule has 2 N–H and O–H groups in total. The molecule has 1 atom stereocenters. The maximum Gasteiger partial charge on any atom is 0.256 e. The highest BCUT2D eigenvalue weighted by Gasteiger charge is 2.21. The van der Waals surface area contributed by atoms with Crippen molar-refractivity contribution in [3.05, 3.63) is 70.2 Å². The number of hydrogen-bond donors (Lipinski definition) is 2. The Balaban J connectivity index is 1.29. The number of carbonyl (C=O) groups excluding carboxylic acids is 2. The summed E-state index contributed by atoms with van der Waals surface area (Å²) in [6.07, 6.45) is 3.93. The van der Waals surface area contributed by atoms with Gasteiger partial charge in [0.2, 0.25) is 5.91 Å². The third-order valence-corrected chi connectivity index (χ3v) is 5.24. The van der Waals surface area contributed by atoms with E-state index in [1.165, 1.54) is 27.8 Å². The topological polar surface area (TPSA) is 85.2 Å². The van der Waals surface area contributed by atoms with E-state index in [9.17, 15) is 9.59 Å². The molecule has 1 aliphatic rings. The van der Waals surface area contributed by atoms with Crippen LogP contribution in [0.1, 0.15) is 27.6 Å². The first-order valence-corrected chi connectivity index (χ1v) is 9.95. The molecule has 1 unspecified atom stereocenters. The van der Waals surface area contributed by atoms with Crippen molar-refractivity contribution in [1.82, 2.24) is 15.1 Å². The molecule has 8 heteroatoms. The molecule has 0 spiro atoms. The Bertz CT molecular complexity index is 968. The quantitative estimate of drug-likeness (QED) is 0.671. The second-order valence-electron chi connectivity index (χ2n) is 6.51. The smallest absolute Gasteiger partial charge is 0.256 e. The molecule has 0 bridgehead atoms. The van der Waals surface area contributed by atoms with Gasteiger partial charge in [0.1, 0.15) is 12.6 Å². The summed E-state index contributed by atoms with van der Waals surface area (Å²) in [6.45, 7) is 1.14. The number of anilines is 1. The van der Waals surface area contributed by atoms with Crippen molar-refractivity contribution in [1.29, 1.82) is 0 Å². The van der Waals surface area contributed by atoms with E-state index in [0.29, 0.717) is 24.4 Å². The molecule has 0 saturated heterocycles. The molecule has 2 aromatic heterocycles. The number of benzene rings is 1. The summed E-state index contributed by atoms with van der Waals surface area (Å²) >= 11 is 1.46. The largest absolute Gasteiger partial charge is 0.371 e. The predicted octanol–water partition coefficient (Wildman–Crippen LogP) is 2.63. The highest BCUT2D eigenvalue weighted by atomic mass is 32.1. The number of nitrogens with zero attached hydrogens (tertiary/aromatic N) is 2. The summed E-state index contributed by atoms with van der Waals surface area (Å²) in [5, 5.41) is 13.4. The van der Waals surface area contributed by atoms with Crippen LogP contribution in [0.5, 0.6) is 0 Å². The molecule has 2 amide bonds. The van der Waals surface area contributed by atoms with Crippen LogP contribution in [0.3, 0.4) is 0 Å². The van der Waals surface area contributed by atoms with Gasteiger partial charge in [0, 0.05) is 18.1 Å². The second-order valence-corrected chi connectivity index (χ2v) is 7.29. The molecule has 0 radical (unpaired) electrons. The summed E-state index contributed by atoms with van der Waals surface area (Å²) in [4.78, 5) is 24.3. The van der Waals surface area contributed by atoms with Gasteiger partial charge in [-0.25, -0.2) is 0 Å².